The molecular formula is C16H15FN6. The number of fused-ring (bicyclic) bond motifs is 1. The van der Waals surface area contributed by atoms with Crippen LogP contribution in [0.4, 0.5) is 10.1 Å². The molecule has 0 fully saturated rings. The zero-order chi connectivity index (χ0) is 15.6. The lowest BCUT2D eigenvalue weighted by Crippen LogP contribution is -2.20. The molecule has 0 aliphatic carbocycles. The van der Waals surface area contributed by atoms with Crippen molar-refractivity contribution in [2.75, 3.05) is 11.4 Å². The average Bonchev–Trinajstić information content (AvgIpc) is 3.19. The Kier molecular flexibility index (Phi) is 3.45. The molecule has 0 spiro atoms. The number of nitrogens with one attached hydrogen (secondary N) is 1. The van der Waals surface area contributed by atoms with Crippen molar-refractivity contribution in [2.24, 2.45) is 0 Å². The Morgan fingerprint density at radius 1 is 1.13 bits per heavy atom. The first-order valence-corrected chi connectivity index (χ1v) is 7.49. The molecule has 1 aromatic carbocycles. The third-order valence-corrected chi connectivity index (χ3v) is 4.01. The van der Waals surface area contributed by atoms with E-state index in [1.54, 1.807) is 6.07 Å². The lowest BCUT2D eigenvalue weighted by atomic mass is 10.1. The fourth-order valence-electron chi connectivity index (χ4n) is 2.95. The van der Waals surface area contributed by atoms with Crippen LogP contribution in [0.5, 0.6) is 0 Å². The van der Waals surface area contributed by atoms with Crippen molar-refractivity contribution in [1.82, 2.24) is 25.6 Å². The smallest absolute Gasteiger partial charge is 0.180 e. The lowest BCUT2D eigenvalue weighted by molar-refractivity contribution is 0.615. The molecule has 0 atom stereocenters. The molecule has 0 saturated heterocycles. The maximum Gasteiger partial charge on any atom is 0.180 e. The highest BCUT2D eigenvalue weighted by molar-refractivity contribution is 5.58. The molecule has 116 valence electrons. The summed E-state index contributed by atoms with van der Waals surface area (Å²) in [5.41, 5.74) is 3.61. The molecule has 6 nitrogen and oxygen atoms in total. The highest BCUT2D eigenvalue weighted by atomic mass is 19.1. The van der Waals surface area contributed by atoms with Gasteiger partial charge in [0.15, 0.2) is 5.82 Å². The Morgan fingerprint density at radius 2 is 2.00 bits per heavy atom. The van der Waals surface area contributed by atoms with E-state index in [1.165, 1.54) is 6.07 Å². The lowest BCUT2D eigenvalue weighted by Gasteiger charge is -2.19. The summed E-state index contributed by atoms with van der Waals surface area (Å²) >= 11 is 0. The fourth-order valence-corrected chi connectivity index (χ4v) is 2.95. The van der Waals surface area contributed by atoms with Crippen LogP contribution in [0, 0.1) is 5.82 Å². The Labute approximate surface area is 132 Å². The normalized spacial score (nSPS) is 13.3. The second-order valence-corrected chi connectivity index (χ2v) is 5.53. The number of rotatable bonds is 4. The summed E-state index contributed by atoms with van der Waals surface area (Å²) in [7, 11) is 0. The Bertz CT molecular complexity index is 817. The molecular weight excluding hydrogens is 295 g/mol. The van der Waals surface area contributed by atoms with Crippen LogP contribution >= 0.6 is 0 Å². The summed E-state index contributed by atoms with van der Waals surface area (Å²) in [6.45, 7) is 1.48. The maximum absolute atomic E-state index is 13.8. The van der Waals surface area contributed by atoms with E-state index in [4.69, 9.17) is 0 Å². The standard InChI is InChI=1S/C16H15FN6/c17-14-5-2-6-15-13(14)7-8-23(15)10-12-4-1-3-11(18-12)9-16-19-21-22-20-16/h1-6H,7-10H2,(H,19,20,21,22). The van der Waals surface area contributed by atoms with E-state index in [0.29, 0.717) is 18.8 Å². The predicted molar refractivity (Wildman–Crippen MR) is 82.4 cm³/mol. The quantitative estimate of drug-likeness (QED) is 0.797. The molecule has 0 unspecified atom stereocenters. The van der Waals surface area contributed by atoms with Crippen LogP contribution in [-0.4, -0.2) is 32.2 Å². The highest BCUT2D eigenvalue weighted by Crippen LogP contribution is 2.30. The van der Waals surface area contributed by atoms with E-state index < -0.39 is 0 Å². The minimum Gasteiger partial charge on any atom is -0.365 e. The first-order valence-electron chi connectivity index (χ1n) is 7.49. The second-order valence-electron chi connectivity index (χ2n) is 5.53. The molecule has 0 amide bonds. The number of aromatic nitrogens is 5. The first kappa shape index (κ1) is 13.8. The molecule has 1 aliphatic rings. The number of anilines is 1. The van der Waals surface area contributed by atoms with Crippen LogP contribution in [-0.2, 0) is 19.4 Å². The van der Waals surface area contributed by atoms with Gasteiger partial charge < -0.3 is 4.90 Å². The van der Waals surface area contributed by atoms with Crippen LogP contribution in [0.25, 0.3) is 0 Å². The third-order valence-electron chi connectivity index (χ3n) is 4.01. The summed E-state index contributed by atoms with van der Waals surface area (Å²) < 4.78 is 13.8. The molecule has 2 aromatic heterocycles. The summed E-state index contributed by atoms with van der Waals surface area (Å²) in [6, 6.07) is 11.1. The molecule has 3 aromatic rings. The minimum absolute atomic E-state index is 0.121. The minimum atomic E-state index is -0.121. The van der Waals surface area contributed by atoms with Crippen molar-refractivity contribution >= 4 is 5.69 Å². The van der Waals surface area contributed by atoms with Crippen molar-refractivity contribution in [3.8, 4) is 0 Å². The van der Waals surface area contributed by atoms with E-state index in [1.807, 2.05) is 24.3 Å². The number of aromatic amines is 1. The number of pyridine rings is 1. The maximum atomic E-state index is 13.8. The van der Waals surface area contributed by atoms with Gasteiger partial charge in [-0.1, -0.05) is 17.3 Å². The molecule has 0 bridgehead atoms. The van der Waals surface area contributed by atoms with E-state index in [9.17, 15) is 4.39 Å². The average molecular weight is 310 g/mol. The van der Waals surface area contributed by atoms with Crippen molar-refractivity contribution in [2.45, 2.75) is 19.4 Å². The molecule has 0 radical (unpaired) electrons. The van der Waals surface area contributed by atoms with Gasteiger partial charge in [0.1, 0.15) is 5.82 Å². The van der Waals surface area contributed by atoms with Gasteiger partial charge in [-0.25, -0.2) is 4.39 Å². The molecule has 4 rings (SSSR count). The number of H-pyrrole nitrogens is 1. The fraction of sp³-hybridized carbons (Fsp3) is 0.250. The summed E-state index contributed by atoms with van der Waals surface area (Å²) in [6.07, 6.45) is 1.28. The van der Waals surface area contributed by atoms with Crippen LogP contribution in [0.3, 0.4) is 0 Å². The van der Waals surface area contributed by atoms with E-state index >= 15 is 0 Å². The Balaban J connectivity index is 1.53. The van der Waals surface area contributed by atoms with Gasteiger partial charge >= 0.3 is 0 Å². The monoisotopic (exact) mass is 310 g/mol. The Morgan fingerprint density at radius 3 is 2.87 bits per heavy atom. The van der Waals surface area contributed by atoms with Gasteiger partial charge in [-0.3, -0.25) is 4.98 Å². The zero-order valence-corrected chi connectivity index (χ0v) is 12.4. The highest BCUT2D eigenvalue weighted by Gasteiger charge is 2.22. The molecule has 1 N–H and O–H groups in total. The van der Waals surface area contributed by atoms with Crippen LogP contribution in [0.2, 0.25) is 0 Å². The number of tetrazole rings is 1. The topological polar surface area (TPSA) is 70.6 Å². The summed E-state index contributed by atoms with van der Waals surface area (Å²) in [4.78, 5) is 6.81. The molecule has 3 heterocycles. The number of halogens is 1. The molecule has 23 heavy (non-hydrogen) atoms. The number of hydrogen-bond donors (Lipinski definition) is 1. The van der Waals surface area contributed by atoms with Gasteiger partial charge in [-0.15, -0.1) is 10.2 Å². The van der Waals surface area contributed by atoms with Crippen molar-refractivity contribution in [3.05, 3.63) is 65.0 Å². The SMILES string of the molecule is Fc1cccc2c1CCN2Cc1cccc(Cc2nn[nH]n2)n1. The number of benzene rings is 1. The second kappa shape index (κ2) is 5.75. The van der Waals surface area contributed by atoms with Gasteiger partial charge in [0.05, 0.1) is 18.7 Å². The van der Waals surface area contributed by atoms with Gasteiger partial charge in [0, 0.05) is 23.5 Å². The van der Waals surface area contributed by atoms with E-state index in [-0.39, 0.29) is 5.82 Å². The van der Waals surface area contributed by atoms with Gasteiger partial charge in [0.25, 0.3) is 0 Å². The summed E-state index contributed by atoms with van der Waals surface area (Å²) in [5, 5.41) is 13.9. The van der Waals surface area contributed by atoms with Gasteiger partial charge in [0.2, 0.25) is 0 Å². The molecule has 0 saturated carbocycles. The van der Waals surface area contributed by atoms with E-state index in [2.05, 4.69) is 30.5 Å². The zero-order valence-electron chi connectivity index (χ0n) is 12.4. The molecule has 1 aliphatic heterocycles. The van der Waals surface area contributed by atoms with E-state index in [0.717, 1.165) is 35.6 Å². The number of nitrogens with zero attached hydrogens (tertiary/aromatic N) is 5. The Hall–Kier alpha value is -2.83. The number of hydrogen-bond acceptors (Lipinski definition) is 5. The van der Waals surface area contributed by atoms with Crippen molar-refractivity contribution in [1.29, 1.82) is 0 Å². The first-order chi connectivity index (χ1) is 11.3. The molecule has 7 heteroatoms. The van der Waals surface area contributed by atoms with Crippen molar-refractivity contribution in [3.63, 3.8) is 0 Å². The summed E-state index contributed by atoms with van der Waals surface area (Å²) in [5.74, 6) is 0.493. The third kappa shape index (κ3) is 2.77. The van der Waals surface area contributed by atoms with Crippen LogP contribution in [0.1, 0.15) is 22.8 Å². The van der Waals surface area contributed by atoms with Crippen LogP contribution in [0.15, 0.2) is 36.4 Å². The predicted octanol–water partition coefficient (Wildman–Crippen LogP) is 1.89. The largest absolute Gasteiger partial charge is 0.365 e. The van der Waals surface area contributed by atoms with Gasteiger partial charge in [-0.2, -0.15) is 5.21 Å². The van der Waals surface area contributed by atoms with Crippen molar-refractivity contribution < 1.29 is 4.39 Å². The van der Waals surface area contributed by atoms with Crippen LogP contribution < -0.4 is 4.90 Å². The van der Waals surface area contributed by atoms with Gasteiger partial charge in [-0.05, 0) is 30.7 Å².